The molecule has 1 aromatic heterocycles. The molecule has 2 N–H and O–H groups in total. The van der Waals surface area contributed by atoms with Crippen molar-refractivity contribution >= 4 is 0 Å². The van der Waals surface area contributed by atoms with E-state index in [-0.39, 0.29) is 5.41 Å². The van der Waals surface area contributed by atoms with E-state index in [0.29, 0.717) is 11.3 Å². The first kappa shape index (κ1) is 8.33. The SMILES string of the molecule is CC12CCC(c3cn(N)nc31)C2(C)C. The predicted octanol–water partition coefficient (Wildman–Crippen LogP) is 1.77. The third-order valence-corrected chi connectivity index (χ3v) is 4.88. The van der Waals surface area contributed by atoms with Gasteiger partial charge in [0.1, 0.15) is 0 Å². The fourth-order valence-electron chi connectivity index (χ4n) is 3.56. The van der Waals surface area contributed by atoms with Crippen molar-refractivity contribution in [2.24, 2.45) is 5.41 Å². The predicted molar refractivity (Wildman–Crippen MR) is 55.5 cm³/mol. The first-order chi connectivity index (χ1) is 6.47. The number of fused-ring (bicyclic) bond motifs is 5. The van der Waals surface area contributed by atoms with Crippen molar-refractivity contribution in [2.45, 2.75) is 44.9 Å². The Labute approximate surface area is 84.3 Å². The smallest absolute Gasteiger partial charge is 0.0744 e. The first-order valence-electron chi connectivity index (χ1n) is 5.32. The van der Waals surface area contributed by atoms with Gasteiger partial charge in [-0.1, -0.05) is 20.8 Å². The summed E-state index contributed by atoms with van der Waals surface area (Å²) < 4.78 is 0. The van der Waals surface area contributed by atoms with Crippen molar-refractivity contribution in [3.8, 4) is 0 Å². The Balaban J connectivity index is 2.28. The molecule has 2 unspecified atom stereocenters. The zero-order chi connectivity index (χ0) is 10.1. The molecule has 0 saturated heterocycles. The minimum absolute atomic E-state index is 0.248. The van der Waals surface area contributed by atoms with Crippen LogP contribution in [0.5, 0.6) is 0 Å². The lowest BCUT2D eigenvalue weighted by Gasteiger charge is -2.34. The number of aromatic nitrogens is 2. The minimum atomic E-state index is 0.248. The molecule has 0 amide bonds. The monoisotopic (exact) mass is 191 g/mol. The van der Waals surface area contributed by atoms with Crippen LogP contribution in [-0.4, -0.2) is 9.89 Å². The molecule has 2 bridgehead atoms. The van der Waals surface area contributed by atoms with Gasteiger partial charge in [-0.3, -0.25) is 0 Å². The minimum Gasteiger partial charge on any atom is -0.323 e. The van der Waals surface area contributed by atoms with Gasteiger partial charge in [-0.2, -0.15) is 9.89 Å². The highest BCUT2D eigenvalue weighted by Crippen LogP contribution is 2.67. The second kappa shape index (κ2) is 2.00. The molecule has 2 atom stereocenters. The number of nitrogens with two attached hydrogens (primary N) is 1. The van der Waals surface area contributed by atoms with E-state index in [1.807, 2.05) is 6.20 Å². The summed E-state index contributed by atoms with van der Waals surface area (Å²) in [5.41, 5.74) is 3.25. The summed E-state index contributed by atoms with van der Waals surface area (Å²) in [7, 11) is 0. The van der Waals surface area contributed by atoms with Gasteiger partial charge in [0.25, 0.3) is 0 Å². The molecular weight excluding hydrogens is 174 g/mol. The van der Waals surface area contributed by atoms with Crippen LogP contribution in [0.3, 0.4) is 0 Å². The molecule has 2 aliphatic rings. The molecule has 3 rings (SSSR count). The Bertz CT molecular complexity index is 405. The van der Waals surface area contributed by atoms with Crippen molar-refractivity contribution in [1.82, 2.24) is 9.89 Å². The molecule has 1 aromatic rings. The van der Waals surface area contributed by atoms with Gasteiger partial charge in [-0.05, 0) is 29.7 Å². The number of hydrogen-bond acceptors (Lipinski definition) is 2. The van der Waals surface area contributed by atoms with Crippen LogP contribution in [0.15, 0.2) is 6.20 Å². The van der Waals surface area contributed by atoms with Gasteiger partial charge in [0.2, 0.25) is 0 Å². The van der Waals surface area contributed by atoms with E-state index >= 15 is 0 Å². The lowest BCUT2D eigenvalue weighted by Crippen LogP contribution is -2.32. The molecular formula is C11H17N3. The molecule has 0 aromatic carbocycles. The summed E-state index contributed by atoms with van der Waals surface area (Å²) >= 11 is 0. The normalized spacial score (nSPS) is 37.5. The molecule has 2 aliphatic carbocycles. The lowest BCUT2D eigenvalue weighted by molar-refractivity contribution is 0.224. The Morgan fingerprint density at radius 1 is 1.50 bits per heavy atom. The average molecular weight is 191 g/mol. The summed E-state index contributed by atoms with van der Waals surface area (Å²) in [6.07, 6.45) is 4.56. The molecule has 0 radical (unpaired) electrons. The Hall–Kier alpha value is -0.990. The highest BCUT2D eigenvalue weighted by Gasteiger charge is 2.61. The van der Waals surface area contributed by atoms with Crippen LogP contribution in [-0.2, 0) is 5.41 Å². The van der Waals surface area contributed by atoms with Crippen molar-refractivity contribution in [3.05, 3.63) is 17.5 Å². The molecule has 1 saturated carbocycles. The molecule has 14 heavy (non-hydrogen) atoms. The van der Waals surface area contributed by atoms with Crippen LogP contribution in [0.1, 0.15) is 50.8 Å². The Kier molecular flexibility index (Phi) is 1.19. The topological polar surface area (TPSA) is 43.8 Å². The maximum absolute atomic E-state index is 5.69. The van der Waals surface area contributed by atoms with Gasteiger partial charge in [0.15, 0.2) is 0 Å². The second-order valence-corrected chi connectivity index (χ2v) is 5.56. The van der Waals surface area contributed by atoms with Gasteiger partial charge in [0, 0.05) is 5.41 Å². The summed E-state index contributed by atoms with van der Waals surface area (Å²) in [6.45, 7) is 7.08. The average Bonchev–Trinajstić information content (AvgIpc) is 2.59. The van der Waals surface area contributed by atoms with Crippen LogP contribution in [0, 0.1) is 5.41 Å². The third kappa shape index (κ3) is 0.625. The standard InChI is InChI=1S/C11H17N3/c1-10(2)8-4-5-11(10,3)9-7(8)6-14(12)13-9/h6,8H,4-5,12H2,1-3H3. The molecule has 1 fully saturated rings. The van der Waals surface area contributed by atoms with Crippen molar-refractivity contribution < 1.29 is 0 Å². The van der Waals surface area contributed by atoms with Gasteiger partial charge < -0.3 is 5.84 Å². The van der Waals surface area contributed by atoms with Crippen LogP contribution in [0.4, 0.5) is 0 Å². The van der Waals surface area contributed by atoms with Gasteiger partial charge in [0.05, 0.1) is 11.9 Å². The van der Waals surface area contributed by atoms with E-state index in [1.54, 1.807) is 0 Å². The van der Waals surface area contributed by atoms with Gasteiger partial charge >= 0.3 is 0 Å². The highest BCUT2D eigenvalue weighted by molar-refractivity contribution is 5.44. The second-order valence-electron chi connectivity index (χ2n) is 5.56. The van der Waals surface area contributed by atoms with Crippen LogP contribution < -0.4 is 5.84 Å². The zero-order valence-corrected chi connectivity index (χ0v) is 9.04. The van der Waals surface area contributed by atoms with Crippen molar-refractivity contribution in [1.29, 1.82) is 0 Å². The molecule has 0 spiro atoms. The summed E-state index contributed by atoms with van der Waals surface area (Å²) in [6, 6.07) is 0. The third-order valence-electron chi connectivity index (χ3n) is 4.88. The Morgan fingerprint density at radius 2 is 2.21 bits per heavy atom. The quantitative estimate of drug-likeness (QED) is 0.635. The number of rotatable bonds is 0. The van der Waals surface area contributed by atoms with Crippen LogP contribution in [0.2, 0.25) is 0 Å². The maximum Gasteiger partial charge on any atom is 0.0744 e. The van der Waals surface area contributed by atoms with Crippen LogP contribution >= 0.6 is 0 Å². The van der Waals surface area contributed by atoms with Gasteiger partial charge in [-0.25, -0.2) is 0 Å². The first-order valence-corrected chi connectivity index (χ1v) is 5.32. The van der Waals surface area contributed by atoms with E-state index < -0.39 is 0 Å². The summed E-state index contributed by atoms with van der Waals surface area (Å²) in [5.74, 6) is 6.36. The fraction of sp³-hybridized carbons (Fsp3) is 0.727. The summed E-state index contributed by atoms with van der Waals surface area (Å²) in [5, 5.41) is 4.44. The molecule has 1 heterocycles. The number of nitrogen functional groups attached to an aromatic ring is 1. The fourth-order valence-corrected chi connectivity index (χ4v) is 3.56. The van der Waals surface area contributed by atoms with E-state index in [4.69, 9.17) is 5.84 Å². The van der Waals surface area contributed by atoms with E-state index in [0.717, 1.165) is 0 Å². The van der Waals surface area contributed by atoms with Gasteiger partial charge in [-0.15, -0.1) is 0 Å². The zero-order valence-electron chi connectivity index (χ0n) is 9.04. The largest absolute Gasteiger partial charge is 0.323 e. The van der Waals surface area contributed by atoms with E-state index in [9.17, 15) is 0 Å². The lowest BCUT2D eigenvalue weighted by atomic mass is 9.70. The van der Waals surface area contributed by atoms with Crippen molar-refractivity contribution in [3.63, 3.8) is 0 Å². The Morgan fingerprint density at radius 3 is 2.86 bits per heavy atom. The maximum atomic E-state index is 5.69. The van der Waals surface area contributed by atoms with E-state index in [1.165, 1.54) is 28.9 Å². The number of nitrogens with zero attached hydrogens (tertiary/aromatic N) is 2. The number of hydrogen-bond donors (Lipinski definition) is 1. The highest BCUT2D eigenvalue weighted by atomic mass is 15.5. The van der Waals surface area contributed by atoms with Crippen LogP contribution in [0.25, 0.3) is 0 Å². The molecule has 0 aliphatic heterocycles. The summed E-state index contributed by atoms with van der Waals surface area (Å²) in [4.78, 5) is 1.48. The van der Waals surface area contributed by atoms with E-state index in [2.05, 4.69) is 25.9 Å². The van der Waals surface area contributed by atoms with Crippen molar-refractivity contribution in [2.75, 3.05) is 5.84 Å². The molecule has 3 heteroatoms. The molecule has 76 valence electrons. The molecule has 3 nitrogen and oxygen atoms in total.